The molecule has 0 aliphatic carbocycles. The molecule has 19 heavy (non-hydrogen) atoms. The van der Waals surface area contributed by atoms with E-state index >= 15 is 0 Å². The lowest BCUT2D eigenvalue weighted by molar-refractivity contribution is 0.439. The summed E-state index contributed by atoms with van der Waals surface area (Å²) in [5.74, 6) is 0. The lowest BCUT2D eigenvalue weighted by atomic mass is 10.0. The minimum absolute atomic E-state index is 0.129. The molecule has 8 heteroatoms. The summed E-state index contributed by atoms with van der Waals surface area (Å²) in [6, 6.07) is 4.94. The van der Waals surface area contributed by atoms with E-state index in [0.717, 1.165) is 6.07 Å². The van der Waals surface area contributed by atoms with Gasteiger partial charge in [-0.1, -0.05) is 13.0 Å². The summed E-state index contributed by atoms with van der Waals surface area (Å²) in [5.41, 5.74) is -0.616. The van der Waals surface area contributed by atoms with E-state index in [9.17, 15) is 16.8 Å². The first-order valence-electron chi connectivity index (χ1n) is 5.57. The minimum atomic E-state index is -3.95. The van der Waals surface area contributed by atoms with Crippen molar-refractivity contribution in [2.45, 2.75) is 42.5 Å². The second-order valence-corrected chi connectivity index (χ2v) is 9.00. The van der Waals surface area contributed by atoms with E-state index in [2.05, 4.69) is 4.72 Å². The van der Waals surface area contributed by atoms with Gasteiger partial charge in [-0.05, 0) is 38.5 Å². The van der Waals surface area contributed by atoms with Crippen LogP contribution in [0.2, 0.25) is 0 Å². The zero-order valence-corrected chi connectivity index (χ0v) is 13.2. The number of sulfonamides is 1. The second kappa shape index (κ2) is 5.40. The van der Waals surface area contributed by atoms with E-state index in [1.807, 2.05) is 6.92 Å². The lowest BCUT2D eigenvalue weighted by Crippen LogP contribution is -2.42. The molecule has 0 fully saturated rings. The van der Waals surface area contributed by atoms with Gasteiger partial charge in [0.2, 0.25) is 10.0 Å². The first kappa shape index (κ1) is 16.4. The Morgan fingerprint density at radius 3 is 2.16 bits per heavy atom. The van der Waals surface area contributed by atoms with Crippen LogP contribution in [0.3, 0.4) is 0 Å². The van der Waals surface area contributed by atoms with Crippen LogP contribution in [0.4, 0.5) is 0 Å². The Balaban J connectivity index is 3.24. The molecule has 0 spiro atoms. The summed E-state index contributed by atoms with van der Waals surface area (Å²) in [6.45, 7) is 5.33. The van der Waals surface area contributed by atoms with E-state index in [-0.39, 0.29) is 9.79 Å². The van der Waals surface area contributed by atoms with Gasteiger partial charge in [0.15, 0.2) is 0 Å². The molecule has 0 bridgehead atoms. The highest BCUT2D eigenvalue weighted by atomic mass is 35.7. The van der Waals surface area contributed by atoms with Crippen LogP contribution in [0.15, 0.2) is 34.1 Å². The van der Waals surface area contributed by atoms with Crippen LogP contribution in [0.5, 0.6) is 0 Å². The van der Waals surface area contributed by atoms with E-state index in [1.54, 1.807) is 13.8 Å². The van der Waals surface area contributed by atoms with Crippen molar-refractivity contribution in [3.8, 4) is 0 Å². The Bertz CT molecular complexity index is 666. The van der Waals surface area contributed by atoms with Crippen LogP contribution in [0.1, 0.15) is 27.2 Å². The summed E-state index contributed by atoms with van der Waals surface area (Å²) in [7, 11) is -2.54. The SMILES string of the molecule is CCC(C)(C)NS(=O)(=O)c1cccc(S(=O)(=O)Cl)c1. The van der Waals surface area contributed by atoms with Crippen molar-refractivity contribution in [3.63, 3.8) is 0 Å². The van der Waals surface area contributed by atoms with E-state index in [1.165, 1.54) is 18.2 Å². The molecule has 108 valence electrons. The largest absolute Gasteiger partial charge is 0.261 e. The maximum absolute atomic E-state index is 12.1. The molecule has 1 aromatic rings. The Hall–Kier alpha value is -0.630. The predicted octanol–water partition coefficient (Wildman–Crippen LogP) is 2.08. The first-order chi connectivity index (χ1) is 8.48. The van der Waals surface area contributed by atoms with E-state index < -0.39 is 24.6 Å². The van der Waals surface area contributed by atoms with Gasteiger partial charge in [0.1, 0.15) is 0 Å². The Labute approximate surface area is 118 Å². The summed E-state index contributed by atoms with van der Waals surface area (Å²) in [4.78, 5) is -0.373. The first-order valence-corrected chi connectivity index (χ1v) is 9.36. The van der Waals surface area contributed by atoms with Gasteiger partial charge in [-0.3, -0.25) is 0 Å². The molecule has 0 saturated heterocycles. The van der Waals surface area contributed by atoms with E-state index in [4.69, 9.17) is 10.7 Å². The molecule has 1 N–H and O–H groups in total. The van der Waals surface area contributed by atoms with Crippen molar-refractivity contribution < 1.29 is 16.8 Å². The average Bonchev–Trinajstić information content (AvgIpc) is 2.27. The molecule has 0 atom stereocenters. The fraction of sp³-hybridized carbons (Fsp3) is 0.455. The van der Waals surface area contributed by atoms with Gasteiger partial charge < -0.3 is 0 Å². The molecular formula is C11H16ClNO4S2. The summed E-state index contributed by atoms with van der Waals surface area (Å²) >= 11 is 0. The Kier molecular flexibility index (Phi) is 4.66. The number of hydrogen-bond acceptors (Lipinski definition) is 4. The van der Waals surface area contributed by atoms with Gasteiger partial charge in [0.25, 0.3) is 9.05 Å². The van der Waals surface area contributed by atoms with Crippen molar-refractivity contribution in [1.82, 2.24) is 4.72 Å². The zero-order chi connectivity index (χ0) is 14.9. The monoisotopic (exact) mass is 325 g/mol. The highest BCUT2D eigenvalue weighted by molar-refractivity contribution is 8.13. The van der Waals surface area contributed by atoms with Gasteiger partial charge in [-0.2, -0.15) is 0 Å². The lowest BCUT2D eigenvalue weighted by Gasteiger charge is -2.24. The Morgan fingerprint density at radius 1 is 1.16 bits per heavy atom. The molecule has 0 unspecified atom stereocenters. The van der Waals surface area contributed by atoms with Crippen molar-refractivity contribution >= 4 is 29.8 Å². The van der Waals surface area contributed by atoms with Crippen molar-refractivity contribution in [2.24, 2.45) is 0 Å². The highest BCUT2D eigenvalue weighted by Crippen LogP contribution is 2.20. The fourth-order valence-corrected chi connectivity index (χ4v) is 3.69. The number of nitrogens with one attached hydrogen (secondary N) is 1. The molecule has 1 rings (SSSR count). The van der Waals surface area contributed by atoms with Crippen LogP contribution in [-0.2, 0) is 19.1 Å². The van der Waals surface area contributed by atoms with Crippen molar-refractivity contribution in [2.75, 3.05) is 0 Å². The maximum Gasteiger partial charge on any atom is 0.261 e. The molecule has 5 nitrogen and oxygen atoms in total. The fourth-order valence-electron chi connectivity index (χ4n) is 1.29. The van der Waals surface area contributed by atoms with E-state index in [0.29, 0.717) is 6.42 Å². The van der Waals surface area contributed by atoms with Crippen LogP contribution < -0.4 is 4.72 Å². The summed E-state index contributed by atoms with van der Waals surface area (Å²) < 4.78 is 49.2. The van der Waals surface area contributed by atoms with Gasteiger partial charge in [-0.15, -0.1) is 0 Å². The number of hydrogen-bond donors (Lipinski definition) is 1. The predicted molar refractivity (Wildman–Crippen MR) is 74.2 cm³/mol. The quantitative estimate of drug-likeness (QED) is 0.840. The molecule has 0 radical (unpaired) electrons. The molecule has 0 saturated carbocycles. The third-order valence-electron chi connectivity index (χ3n) is 2.69. The van der Waals surface area contributed by atoms with Crippen LogP contribution >= 0.6 is 10.7 Å². The molecule has 0 aliphatic heterocycles. The number of rotatable bonds is 5. The summed E-state index contributed by atoms with van der Waals surface area (Å²) in [6.07, 6.45) is 0.597. The second-order valence-electron chi connectivity index (χ2n) is 4.76. The summed E-state index contributed by atoms with van der Waals surface area (Å²) in [5, 5.41) is 0. The number of halogens is 1. The van der Waals surface area contributed by atoms with Crippen molar-refractivity contribution in [3.05, 3.63) is 24.3 Å². The Morgan fingerprint density at radius 2 is 1.68 bits per heavy atom. The maximum atomic E-state index is 12.1. The van der Waals surface area contributed by atoms with Gasteiger partial charge in [0.05, 0.1) is 9.79 Å². The van der Waals surface area contributed by atoms with Crippen LogP contribution in [0, 0.1) is 0 Å². The van der Waals surface area contributed by atoms with Gasteiger partial charge in [0, 0.05) is 16.2 Å². The third-order valence-corrected chi connectivity index (χ3v) is 5.74. The molecule has 0 aromatic heterocycles. The minimum Gasteiger partial charge on any atom is -0.207 e. The molecule has 0 amide bonds. The molecular weight excluding hydrogens is 310 g/mol. The molecule has 1 aromatic carbocycles. The third kappa shape index (κ3) is 4.45. The molecule has 0 heterocycles. The topological polar surface area (TPSA) is 80.3 Å². The smallest absolute Gasteiger partial charge is 0.207 e. The average molecular weight is 326 g/mol. The normalized spacial score (nSPS) is 13.5. The highest BCUT2D eigenvalue weighted by Gasteiger charge is 2.25. The number of benzene rings is 1. The zero-order valence-electron chi connectivity index (χ0n) is 10.8. The molecule has 0 aliphatic rings. The standard InChI is InChI=1S/C11H16ClNO4S2/c1-4-11(2,3)13-19(16,17)10-7-5-6-9(8-10)18(12,14)15/h5-8,13H,4H2,1-3H3. The van der Waals surface area contributed by atoms with Crippen LogP contribution in [-0.4, -0.2) is 22.4 Å². The van der Waals surface area contributed by atoms with Crippen molar-refractivity contribution in [1.29, 1.82) is 0 Å². The van der Waals surface area contributed by atoms with Gasteiger partial charge in [-0.25, -0.2) is 21.6 Å². The van der Waals surface area contributed by atoms with Gasteiger partial charge >= 0.3 is 0 Å². The van der Waals surface area contributed by atoms with Crippen LogP contribution in [0.25, 0.3) is 0 Å².